The summed E-state index contributed by atoms with van der Waals surface area (Å²) in [7, 11) is 0. The predicted molar refractivity (Wildman–Crippen MR) is 126 cm³/mol. The second kappa shape index (κ2) is 9.48. The molecule has 2 N–H and O–H groups in total. The lowest BCUT2D eigenvalue weighted by Gasteiger charge is -2.19. The highest BCUT2D eigenvalue weighted by atomic mass is 16.4. The number of amides is 1. The Hall–Kier alpha value is -4.26. The average Bonchev–Trinajstić information content (AvgIpc) is 2.81. The zero-order valence-corrected chi connectivity index (χ0v) is 18.1. The molecular formula is C26H23N3O4. The Balaban J connectivity index is 1.59. The molecule has 0 aliphatic heterocycles. The van der Waals surface area contributed by atoms with Crippen LogP contribution in [0, 0.1) is 6.92 Å². The summed E-state index contributed by atoms with van der Waals surface area (Å²) in [6.45, 7) is 1.75. The van der Waals surface area contributed by atoms with Crippen LogP contribution in [-0.2, 0) is 16.1 Å². The van der Waals surface area contributed by atoms with Crippen molar-refractivity contribution in [2.24, 2.45) is 0 Å². The minimum Gasteiger partial charge on any atom is -0.481 e. The zero-order valence-electron chi connectivity index (χ0n) is 18.1. The Morgan fingerprint density at radius 2 is 1.79 bits per heavy atom. The normalized spacial score (nSPS) is 11.8. The fraction of sp³-hybridized carbons (Fsp3) is 0.154. The number of carbonyl (C=O) groups excluding carboxylic acids is 1. The van der Waals surface area contributed by atoms with Gasteiger partial charge in [-0.05, 0) is 47.4 Å². The molecule has 0 fully saturated rings. The fourth-order valence-electron chi connectivity index (χ4n) is 3.86. The van der Waals surface area contributed by atoms with Crippen LogP contribution < -0.4 is 10.9 Å². The molecule has 1 heterocycles. The SMILES string of the molecule is Cc1ccccc1-c1cccc([C@H](CC(=O)O)NC(=O)Cn2cnc3ccccc3c2=O)c1. The number of hydrogen-bond donors (Lipinski definition) is 2. The van der Waals surface area contributed by atoms with E-state index in [1.165, 1.54) is 10.9 Å². The van der Waals surface area contributed by atoms with Crippen LogP contribution in [0.25, 0.3) is 22.0 Å². The van der Waals surface area contributed by atoms with Crippen LogP contribution in [0.15, 0.2) is 83.9 Å². The molecular weight excluding hydrogens is 418 g/mol. The largest absolute Gasteiger partial charge is 0.481 e. The van der Waals surface area contributed by atoms with Crippen LogP contribution in [0.4, 0.5) is 0 Å². The number of carboxylic acids is 1. The summed E-state index contributed by atoms with van der Waals surface area (Å²) in [4.78, 5) is 41.2. The van der Waals surface area contributed by atoms with Gasteiger partial charge in [-0.15, -0.1) is 0 Å². The maximum atomic E-state index is 12.8. The molecule has 0 radical (unpaired) electrons. The van der Waals surface area contributed by atoms with E-state index in [0.29, 0.717) is 16.5 Å². The van der Waals surface area contributed by atoms with Crippen LogP contribution >= 0.6 is 0 Å². The van der Waals surface area contributed by atoms with Gasteiger partial charge in [0.25, 0.3) is 5.56 Å². The Labute approximate surface area is 190 Å². The molecule has 0 bridgehead atoms. The van der Waals surface area contributed by atoms with Gasteiger partial charge in [0.1, 0.15) is 6.54 Å². The van der Waals surface area contributed by atoms with E-state index in [-0.39, 0.29) is 18.5 Å². The number of aromatic nitrogens is 2. The van der Waals surface area contributed by atoms with E-state index in [9.17, 15) is 19.5 Å². The van der Waals surface area contributed by atoms with Crippen molar-refractivity contribution in [2.75, 3.05) is 0 Å². The van der Waals surface area contributed by atoms with E-state index in [1.807, 2.05) is 49.4 Å². The standard InChI is InChI=1S/C26H23N3O4/c1-17-7-2-3-10-20(17)18-8-6-9-19(13-18)23(14-25(31)32)28-24(30)15-29-16-27-22-12-5-4-11-21(22)26(29)33/h2-13,16,23H,14-15H2,1H3,(H,28,30)(H,31,32)/t23-/m0/s1. The molecule has 0 aliphatic rings. The van der Waals surface area contributed by atoms with Crippen LogP contribution in [0.5, 0.6) is 0 Å². The first-order chi connectivity index (χ1) is 15.9. The molecule has 7 heteroatoms. The van der Waals surface area contributed by atoms with Crippen LogP contribution in [0.2, 0.25) is 0 Å². The minimum absolute atomic E-state index is 0.260. The average molecular weight is 441 g/mol. The number of fused-ring (bicyclic) bond motifs is 1. The van der Waals surface area contributed by atoms with Gasteiger partial charge in [-0.3, -0.25) is 19.0 Å². The number of aliphatic carboxylic acids is 1. The van der Waals surface area contributed by atoms with E-state index in [2.05, 4.69) is 10.3 Å². The van der Waals surface area contributed by atoms with Crippen molar-refractivity contribution in [3.63, 3.8) is 0 Å². The molecule has 3 aromatic carbocycles. The summed E-state index contributed by atoms with van der Waals surface area (Å²) in [6.07, 6.45) is 1.04. The molecule has 1 amide bonds. The van der Waals surface area contributed by atoms with E-state index in [0.717, 1.165) is 16.7 Å². The number of para-hydroxylation sites is 1. The highest BCUT2D eigenvalue weighted by Gasteiger charge is 2.19. The number of benzene rings is 3. The van der Waals surface area contributed by atoms with Gasteiger partial charge >= 0.3 is 5.97 Å². The second-order valence-corrected chi connectivity index (χ2v) is 7.85. The number of hydrogen-bond acceptors (Lipinski definition) is 4. The lowest BCUT2D eigenvalue weighted by atomic mass is 9.95. The molecule has 0 saturated carbocycles. The summed E-state index contributed by atoms with van der Waals surface area (Å²) >= 11 is 0. The fourth-order valence-corrected chi connectivity index (χ4v) is 3.86. The van der Waals surface area contributed by atoms with Gasteiger partial charge in [0.15, 0.2) is 0 Å². The summed E-state index contributed by atoms with van der Waals surface area (Å²) in [5.74, 6) is -1.51. The molecule has 4 aromatic rings. The number of nitrogens with one attached hydrogen (secondary N) is 1. The Bertz CT molecular complexity index is 1390. The lowest BCUT2D eigenvalue weighted by Crippen LogP contribution is -2.35. The van der Waals surface area contributed by atoms with E-state index in [1.54, 1.807) is 30.3 Å². The first-order valence-corrected chi connectivity index (χ1v) is 10.5. The van der Waals surface area contributed by atoms with Crippen molar-refractivity contribution in [3.8, 4) is 11.1 Å². The van der Waals surface area contributed by atoms with Crippen LogP contribution in [-0.4, -0.2) is 26.5 Å². The van der Waals surface area contributed by atoms with Gasteiger partial charge in [0.05, 0.1) is 29.7 Å². The number of carbonyl (C=O) groups is 2. The van der Waals surface area contributed by atoms with Gasteiger partial charge in [-0.25, -0.2) is 4.98 Å². The quantitative estimate of drug-likeness (QED) is 0.455. The molecule has 7 nitrogen and oxygen atoms in total. The first kappa shape index (κ1) is 22.0. The number of carboxylic acid groups (broad SMARTS) is 1. The first-order valence-electron chi connectivity index (χ1n) is 10.5. The molecule has 0 saturated heterocycles. The molecule has 166 valence electrons. The van der Waals surface area contributed by atoms with Crippen LogP contribution in [0.1, 0.15) is 23.6 Å². The minimum atomic E-state index is -1.04. The van der Waals surface area contributed by atoms with Gasteiger partial charge in [-0.2, -0.15) is 0 Å². The Morgan fingerprint density at radius 1 is 1.03 bits per heavy atom. The van der Waals surface area contributed by atoms with Crippen molar-refractivity contribution >= 4 is 22.8 Å². The van der Waals surface area contributed by atoms with Crippen LogP contribution in [0.3, 0.4) is 0 Å². The van der Waals surface area contributed by atoms with E-state index >= 15 is 0 Å². The topological polar surface area (TPSA) is 101 Å². The summed E-state index contributed by atoms with van der Waals surface area (Å²) in [6, 6.07) is 21.5. The molecule has 33 heavy (non-hydrogen) atoms. The third-order valence-corrected chi connectivity index (χ3v) is 5.50. The van der Waals surface area contributed by atoms with Crippen molar-refractivity contribution in [1.29, 1.82) is 0 Å². The van der Waals surface area contributed by atoms with Crippen molar-refractivity contribution in [3.05, 3.63) is 101 Å². The molecule has 0 spiro atoms. The monoisotopic (exact) mass is 441 g/mol. The number of aryl methyl sites for hydroxylation is 1. The third-order valence-electron chi connectivity index (χ3n) is 5.50. The molecule has 4 rings (SSSR count). The lowest BCUT2D eigenvalue weighted by molar-refractivity contribution is -0.137. The number of nitrogens with zero attached hydrogens (tertiary/aromatic N) is 2. The number of rotatable bonds is 7. The molecule has 0 aliphatic carbocycles. The molecule has 1 atom stereocenters. The maximum Gasteiger partial charge on any atom is 0.305 e. The van der Waals surface area contributed by atoms with Crippen molar-refractivity contribution < 1.29 is 14.7 Å². The van der Waals surface area contributed by atoms with Gasteiger partial charge in [0.2, 0.25) is 5.91 Å². The van der Waals surface area contributed by atoms with Crippen molar-refractivity contribution in [1.82, 2.24) is 14.9 Å². The highest BCUT2D eigenvalue weighted by molar-refractivity contribution is 5.80. The van der Waals surface area contributed by atoms with E-state index in [4.69, 9.17) is 0 Å². The summed E-state index contributed by atoms with van der Waals surface area (Å²) in [5.41, 5.74) is 3.97. The molecule has 1 aromatic heterocycles. The maximum absolute atomic E-state index is 12.8. The Kier molecular flexibility index (Phi) is 6.31. The van der Waals surface area contributed by atoms with Gasteiger partial charge in [-0.1, -0.05) is 54.6 Å². The predicted octanol–water partition coefficient (Wildman–Crippen LogP) is 3.70. The van der Waals surface area contributed by atoms with Crippen molar-refractivity contribution in [2.45, 2.75) is 25.9 Å². The second-order valence-electron chi connectivity index (χ2n) is 7.85. The van der Waals surface area contributed by atoms with E-state index < -0.39 is 17.9 Å². The zero-order chi connectivity index (χ0) is 23.4. The summed E-state index contributed by atoms with van der Waals surface area (Å²) < 4.78 is 1.22. The smallest absolute Gasteiger partial charge is 0.305 e. The Morgan fingerprint density at radius 3 is 2.58 bits per heavy atom. The molecule has 0 unspecified atom stereocenters. The van der Waals surface area contributed by atoms with Gasteiger partial charge in [0, 0.05) is 0 Å². The highest BCUT2D eigenvalue weighted by Crippen LogP contribution is 2.27. The summed E-state index contributed by atoms with van der Waals surface area (Å²) in [5, 5.41) is 12.6. The van der Waals surface area contributed by atoms with Gasteiger partial charge < -0.3 is 10.4 Å². The third kappa shape index (κ3) is 4.98.